The molecule has 0 saturated heterocycles. The van der Waals surface area contributed by atoms with Gasteiger partial charge in [-0.25, -0.2) is 0 Å². The van der Waals surface area contributed by atoms with Gasteiger partial charge in [0.15, 0.2) is 11.5 Å². The van der Waals surface area contributed by atoms with Crippen LogP contribution in [0.15, 0.2) is 46.6 Å². The summed E-state index contributed by atoms with van der Waals surface area (Å²) in [5, 5.41) is 19.1. The number of hydrogen-bond donors (Lipinski definition) is 1. The maximum Gasteiger partial charge on any atom is 0.161 e. The molecule has 32 heavy (non-hydrogen) atoms. The Bertz CT molecular complexity index is 1080. The molecule has 168 valence electrons. The molecule has 2 aromatic rings. The van der Waals surface area contributed by atoms with Crippen molar-refractivity contribution < 1.29 is 14.6 Å². The molecule has 5 nitrogen and oxygen atoms in total. The Kier molecular flexibility index (Phi) is 5.44. The van der Waals surface area contributed by atoms with Crippen LogP contribution >= 0.6 is 0 Å². The monoisotopic (exact) mass is 432 g/mol. The van der Waals surface area contributed by atoms with Crippen LogP contribution in [0.2, 0.25) is 0 Å². The predicted molar refractivity (Wildman–Crippen MR) is 127 cm³/mol. The topological polar surface area (TPSA) is 63.4 Å². The van der Waals surface area contributed by atoms with Crippen molar-refractivity contribution in [2.75, 3.05) is 14.2 Å². The lowest BCUT2D eigenvalue weighted by Gasteiger charge is -2.49. The van der Waals surface area contributed by atoms with Gasteiger partial charge in [-0.3, -0.25) is 0 Å². The van der Waals surface area contributed by atoms with E-state index < -0.39 is 0 Å². The maximum atomic E-state index is 9.89. The number of phenolic OH excluding ortho intramolecular Hbond substituents is 1. The van der Waals surface area contributed by atoms with Crippen LogP contribution in [0.5, 0.6) is 17.2 Å². The van der Waals surface area contributed by atoms with Gasteiger partial charge in [0.1, 0.15) is 5.75 Å². The Balaban J connectivity index is 1.35. The smallest absolute Gasteiger partial charge is 0.161 e. The van der Waals surface area contributed by atoms with Crippen molar-refractivity contribution in [1.82, 2.24) is 0 Å². The van der Waals surface area contributed by atoms with Crippen LogP contribution < -0.4 is 9.47 Å². The SMILES string of the molecule is COc1ccc(/C=N\N=C2\CC[C@H]3[C@H]4CCc5cc(O)ccc5[C@@H]4CC[C@]23C)cc1OC. The fraction of sp³-hybridized carbons (Fsp3) is 0.481. The van der Waals surface area contributed by atoms with Crippen LogP contribution in [0.1, 0.15) is 61.6 Å². The minimum atomic E-state index is 0.143. The van der Waals surface area contributed by atoms with Crippen LogP contribution in [0, 0.1) is 17.3 Å². The second-order valence-electron chi connectivity index (χ2n) is 9.70. The number of ether oxygens (including phenoxy) is 2. The Labute approximate surface area is 190 Å². The van der Waals surface area contributed by atoms with Gasteiger partial charge in [-0.2, -0.15) is 10.2 Å². The number of rotatable bonds is 4. The highest BCUT2D eigenvalue weighted by atomic mass is 16.5. The molecule has 0 aliphatic heterocycles. The molecule has 5 rings (SSSR count). The van der Waals surface area contributed by atoms with Crippen LogP contribution in [0.3, 0.4) is 0 Å². The Morgan fingerprint density at radius 2 is 1.84 bits per heavy atom. The van der Waals surface area contributed by atoms with E-state index in [0.29, 0.717) is 35.0 Å². The first kappa shape index (κ1) is 21.0. The molecule has 0 bridgehead atoms. The number of phenols is 1. The number of benzene rings is 2. The second-order valence-corrected chi connectivity index (χ2v) is 9.70. The zero-order valence-corrected chi connectivity index (χ0v) is 19.2. The van der Waals surface area contributed by atoms with E-state index in [9.17, 15) is 5.11 Å². The number of nitrogens with zero attached hydrogens (tertiary/aromatic N) is 2. The second kappa shape index (κ2) is 8.27. The van der Waals surface area contributed by atoms with Gasteiger partial charge in [-0.05, 0) is 103 Å². The van der Waals surface area contributed by atoms with Crippen LogP contribution in [-0.2, 0) is 6.42 Å². The summed E-state index contributed by atoms with van der Waals surface area (Å²) in [5.74, 6) is 3.79. The fourth-order valence-corrected chi connectivity index (χ4v) is 6.62. The third-order valence-electron chi connectivity index (χ3n) is 8.24. The van der Waals surface area contributed by atoms with Crippen molar-refractivity contribution in [3.05, 3.63) is 53.1 Å². The van der Waals surface area contributed by atoms with Crippen molar-refractivity contribution in [3.63, 3.8) is 0 Å². The molecule has 5 heteroatoms. The lowest BCUT2D eigenvalue weighted by Crippen LogP contribution is -2.42. The summed E-state index contributed by atoms with van der Waals surface area (Å²) in [4.78, 5) is 0. The van der Waals surface area contributed by atoms with Gasteiger partial charge in [0.25, 0.3) is 0 Å². The molecule has 0 heterocycles. The molecule has 0 radical (unpaired) electrons. The van der Waals surface area contributed by atoms with E-state index in [1.165, 1.54) is 36.1 Å². The van der Waals surface area contributed by atoms with E-state index >= 15 is 0 Å². The molecule has 3 aliphatic carbocycles. The molecule has 3 aliphatic rings. The molecule has 0 unspecified atom stereocenters. The van der Waals surface area contributed by atoms with Crippen molar-refractivity contribution in [1.29, 1.82) is 0 Å². The summed E-state index contributed by atoms with van der Waals surface area (Å²) in [6.45, 7) is 2.41. The fourth-order valence-electron chi connectivity index (χ4n) is 6.62. The Hall–Kier alpha value is -2.82. The van der Waals surface area contributed by atoms with Gasteiger partial charge in [-0.15, -0.1) is 0 Å². The van der Waals surface area contributed by atoms with E-state index in [-0.39, 0.29) is 5.41 Å². The third kappa shape index (κ3) is 3.48. The van der Waals surface area contributed by atoms with Gasteiger partial charge >= 0.3 is 0 Å². The number of hydrogen-bond acceptors (Lipinski definition) is 5. The van der Waals surface area contributed by atoms with Crippen LogP contribution in [0.25, 0.3) is 0 Å². The molecule has 0 aromatic heterocycles. The van der Waals surface area contributed by atoms with E-state index in [0.717, 1.165) is 24.8 Å². The molecule has 0 spiro atoms. The average molecular weight is 433 g/mol. The number of fused-ring (bicyclic) bond motifs is 5. The summed E-state index contributed by atoms with van der Waals surface area (Å²) in [7, 11) is 3.28. The molecular weight excluding hydrogens is 400 g/mol. The Morgan fingerprint density at radius 1 is 1.00 bits per heavy atom. The van der Waals surface area contributed by atoms with E-state index in [2.05, 4.69) is 18.1 Å². The first-order chi connectivity index (χ1) is 15.5. The Morgan fingerprint density at radius 3 is 2.66 bits per heavy atom. The summed E-state index contributed by atoms with van der Waals surface area (Å²) >= 11 is 0. The van der Waals surface area contributed by atoms with Gasteiger partial charge in [0.05, 0.1) is 20.4 Å². The van der Waals surface area contributed by atoms with Crippen molar-refractivity contribution in [3.8, 4) is 17.2 Å². The summed E-state index contributed by atoms with van der Waals surface area (Å²) in [6.07, 6.45) is 8.68. The van der Waals surface area contributed by atoms with Gasteiger partial charge < -0.3 is 14.6 Å². The number of methoxy groups -OCH3 is 2. The van der Waals surface area contributed by atoms with Crippen LogP contribution in [-0.4, -0.2) is 31.3 Å². The lowest BCUT2D eigenvalue weighted by molar-refractivity contribution is 0.0955. The number of aryl methyl sites for hydroxylation is 1. The maximum absolute atomic E-state index is 9.89. The molecular formula is C27H32N2O3. The van der Waals surface area contributed by atoms with Crippen molar-refractivity contribution >= 4 is 11.9 Å². The molecule has 0 amide bonds. The highest BCUT2D eigenvalue weighted by Gasteiger charge is 2.53. The molecule has 2 aromatic carbocycles. The number of aromatic hydroxyl groups is 1. The van der Waals surface area contributed by atoms with E-state index in [1.54, 1.807) is 20.4 Å². The minimum absolute atomic E-state index is 0.143. The summed E-state index contributed by atoms with van der Waals surface area (Å²) < 4.78 is 10.7. The highest BCUT2D eigenvalue weighted by molar-refractivity contribution is 5.93. The molecule has 2 saturated carbocycles. The predicted octanol–water partition coefficient (Wildman–Crippen LogP) is 5.74. The lowest BCUT2D eigenvalue weighted by atomic mass is 9.55. The zero-order chi connectivity index (χ0) is 22.3. The molecule has 4 atom stereocenters. The summed E-state index contributed by atoms with van der Waals surface area (Å²) in [6, 6.07) is 11.8. The van der Waals surface area contributed by atoms with E-state index in [4.69, 9.17) is 14.6 Å². The third-order valence-corrected chi connectivity index (χ3v) is 8.24. The largest absolute Gasteiger partial charge is 0.508 e. The van der Waals surface area contributed by atoms with Gasteiger partial charge in [-0.1, -0.05) is 13.0 Å². The van der Waals surface area contributed by atoms with Gasteiger partial charge in [0, 0.05) is 11.1 Å². The van der Waals surface area contributed by atoms with Crippen LogP contribution in [0.4, 0.5) is 0 Å². The molecule has 2 fully saturated rings. The quantitative estimate of drug-likeness (QED) is 0.495. The van der Waals surface area contributed by atoms with Crippen molar-refractivity contribution in [2.45, 2.75) is 51.4 Å². The highest BCUT2D eigenvalue weighted by Crippen LogP contribution is 2.60. The summed E-state index contributed by atoms with van der Waals surface area (Å²) in [5.41, 5.74) is 5.17. The van der Waals surface area contributed by atoms with E-state index in [1.807, 2.05) is 30.3 Å². The first-order valence-electron chi connectivity index (χ1n) is 11.7. The minimum Gasteiger partial charge on any atom is -0.508 e. The molecule has 1 N–H and O–H groups in total. The zero-order valence-electron chi connectivity index (χ0n) is 19.2. The standard InChI is InChI=1S/C27H32N2O3/c1-27-13-12-21-20-8-6-19(30)15-18(20)5-7-22(21)23(27)9-11-26(27)29-28-16-17-4-10-24(31-2)25(14-17)32-3/h4,6,8,10,14-16,21-23,30H,5,7,9,11-13H2,1-3H3/b28-16-,29-26-/t21-,22-,23-,27-/m0/s1. The first-order valence-corrected chi connectivity index (χ1v) is 11.7. The normalized spacial score (nSPS) is 30.1. The average Bonchev–Trinajstić information content (AvgIpc) is 3.15. The van der Waals surface area contributed by atoms with Gasteiger partial charge in [0.2, 0.25) is 0 Å². The van der Waals surface area contributed by atoms with Crippen molar-refractivity contribution in [2.24, 2.45) is 27.5 Å².